The number of carbonyl (C=O) groups excluding carboxylic acids is 2. The number of carbonyl (C=O) groups is 2. The van der Waals surface area contributed by atoms with Crippen LogP contribution in [0.15, 0.2) is 54.6 Å². The van der Waals surface area contributed by atoms with Crippen molar-refractivity contribution in [3.63, 3.8) is 0 Å². The molecule has 4 saturated heterocycles. The normalized spacial score (nSPS) is 27.7. The molecule has 2 aromatic carbocycles. The molecular weight excluding hydrogens is 635 g/mol. The molecule has 0 bridgehead atoms. The Morgan fingerprint density at radius 2 is 1.73 bits per heavy atom. The molecule has 4 aliphatic heterocycles. The third kappa shape index (κ3) is 7.09. The number of hydrogen-bond acceptors (Lipinski definition) is 8. The fraction of sp³-hybridized carbons (Fsp3) is 0.583. The van der Waals surface area contributed by atoms with E-state index in [-0.39, 0.29) is 43.0 Å². The van der Waals surface area contributed by atoms with Crippen LogP contribution in [0.3, 0.4) is 0 Å². The first-order chi connectivity index (χ1) is 23.2. The van der Waals surface area contributed by atoms with E-state index < -0.39 is 34.8 Å². The molecule has 0 radical (unpaired) electrons. The standard InChI is InChI=1S/C36H46F3N7O3/c1-33(2,3)49-32(48)45-21-15-34(14-18-40,16-22-45)46-28-13-19-41-31(47)29(28)30(43-46)42-27-11-9-26(10-12-27)35(36(37,38)39)17-20-44(24-35)23-25-7-5-4-6-8-25/h4-12,28-30,42-43H,13-17,19-24H2,1-3H3,(H,41,47). The number of amides is 2. The molecule has 0 saturated carbocycles. The Kier molecular flexibility index (Phi) is 9.61. The molecule has 0 aromatic heterocycles. The van der Waals surface area contributed by atoms with Gasteiger partial charge in [0.25, 0.3) is 0 Å². The van der Waals surface area contributed by atoms with Crippen molar-refractivity contribution in [1.82, 2.24) is 25.6 Å². The van der Waals surface area contributed by atoms with Gasteiger partial charge in [-0.25, -0.2) is 15.2 Å². The summed E-state index contributed by atoms with van der Waals surface area (Å²) in [5.41, 5.74) is 2.08. The molecule has 4 unspecified atom stereocenters. The summed E-state index contributed by atoms with van der Waals surface area (Å²) in [7, 11) is 0. The van der Waals surface area contributed by atoms with E-state index in [1.807, 2.05) is 56.0 Å². The number of nitrogens with zero attached hydrogens (tertiary/aromatic N) is 4. The molecule has 4 fully saturated rings. The van der Waals surface area contributed by atoms with Crippen LogP contribution in [-0.2, 0) is 21.5 Å². The maximum atomic E-state index is 14.8. The molecule has 10 nitrogen and oxygen atoms in total. The summed E-state index contributed by atoms with van der Waals surface area (Å²) < 4.78 is 49.9. The van der Waals surface area contributed by atoms with Crippen LogP contribution in [0, 0.1) is 17.2 Å². The first-order valence-electron chi connectivity index (χ1n) is 17.1. The Morgan fingerprint density at radius 1 is 1.04 bits per heavy atom. The largest absolute Gasteiger partial charge is 0.444 e. The van der Waals surface area contributed by atoms with Gasteiger partial charge in [0.05, 0.1) is 23.9 Å². The number of alkyl halides is 3. The predicted molar refractivity (Wildman–Crippen MR) is 178 cm³/mol. The monoisotopic (exact) mass is 681 g/mol. The average molecular weight is 682 g/mol. The summed E-state index contributed by atoms with van der Waals surface area (Å²) in [4.78, 5) is 29.6. The molecule has 13 heteroatoms. The van der Waals surface area contributed by atoms with Gasteiger partial charge in [-0.05, 0) is 76.3 Å². The van der Waals surface area contributed by atoms with E-state index in [9.17, 15) is 28.0 Å². The van der Waals surface area contributed by atoms with Crippen molar-refractivity contribution in [3.05, 3.63) is 65.7 Å². The molecule has 49 heavy (non-hydrogen) atoms. The fourth-order valence-electron chi connectivity index (χ4n) is 8.06. The molecule has 4 atom stereocenters. The molecule has 3 N–H and O–H groups in total. The SMILES string of the molecule is CC(C)(C)OC(=O)N1CCC(CC#N)(N2NC(Nc3ccc(C4(C(F)(F)F)CCN(Cc5ccccc5)C4)cc3)C3C(=O)NCCC32)CC1. The lowest BCUT2D eigenvalue weighted by molar-refractivity contribution is -0.187. The van der Waals surface area contributed by atoms with Crippen molar-refractivity contribution in [2.75, 3.05) is 38.0 Å². The second-order valence-electron chi connectivity index (χ2n) is 14.9. The summed E-state index contributed by atoms with van der Waals surface area (Å²) in [6.45, 7) is 7.45. The number of hydrazine groups is 1. The second kappa shape index (κ2) is 13.5. The lowest BCUT2D eigenvalue weighted by Crippen LogP contribution is -2.62. The van der Waals surface area contributed by atoms with Gasteiger partial charge in [0, 0.05) is 44.5 Å². The molecule has 0 spiro atoms. The van der Waals surface area contributed by atoms with Crippen LogP contribution < -0.4 is 16.1 Å². The fourth-order valence-corrected chi connectivity index (χ4v) is 8.06. The van der Waals surface area contributed by atoms with Gasteiger partial charge in [-0.3, -0.25) is 9.69 Å². The lowest BCUT2D eigenvalue weighted by Gasteiger charge is -2.48. The summed E-state index contributed by atoms with van der Waals surface area (Å²) >= 11 is 0. The highest BCUT2D eigenvalue weighted by molar-refractivity contribution is 5.82. The van der Waals surface area contributed by atoms with E-state index >= 15 is 0 Å². The van der Waals surface area contributed by atoms with Gasteiger partial charge >= 0.3 is 12.3 Å². The number of fused-ring (bicyclic) bond motifs is 1. The molecule has 4 aliphatic rings. The summed E-state index contributed by atoms with van der Waals surface area (Å²) in [6.07, 6.45) is -3.50. The number of halogens is 3. The minimum Gasteiger partial charge on any atom is -0.444 e. The highest BCUT2D eigenvalue weighted by Gasteiger charge is 2.59. The van der Waals surface area contributed by atoms with Gasteiger partial charge in [0.15, 0.2) is 0 Å². The summed E-state index contributed by atoms with van der Waals surface area (Å²) in [5, 5.41) is 18.3. The van der Waals surface area contributed by atoms with E-state index in [1.165, 1.54) is 0 Å². The van der Waals surface area contributed by atoms with Crippen LogP contribution in [0.25, 0.3) is 0 Å². The van der Waals surface area contributed by atoms with E-state index in [1.54, 1.807) is 29.2 Å². The Labute approximate surface area is 285 Å². The average Bonchev–Trinajstić information content (AvgIpc) is 3.65. The van der Waals surface area contributed by atoms with Crippen LogP contribution in [0.2, 0.25) is 0 Å². The Bertz CT molecular complexity index is 1530. The topological polar surface area (TPSA) is 113 Å². The number of piperidine rings is 2. The number of likely N-dealkylation sites (tertiary alicyclic amines) is 2. The van der Waals surface area contributed by atoms with E-state index in [0.29, 0.717) is 57.7 Å². The third-order valence-electron chi connectivity index (χ3n) is 10.6. The van der Waals surface area contributed by atoms with E-state index in [0.717, 1.165) is 5.56 Å². The Morgan fingerprint density at radius 3 is 2.37 bits per heavy atom. The number of hydrogen-bond donors (Lipinski definition) is 3. The number of ether oxygens (including phenoxy) is 1. The van der Waals surface area contributed by atoms with Gasteiger partial charge < -0.3 is 20.3 Å². The molecule has 2 aromatic rings. The summed E-state index contributed by atoms with van der Waals surface area (Å²) in [5.74, 6) is -0.630. The van der Waals surface area contributed by atoms with Crippen LogP contribution in [-0.4, -0.2) is 89.1 Å². The van der Waals surface area contributed by atoms with Crippen molar-refractivity contribution >= 4 is 17.7 Å². The zero-order valence-corrected chi connectivity index (χ0v) is 28.4. The number of benzene rings is 2. The van der Waals surface area contributed by atoms with Crippen LogP contribution in [0.5, 0.6) is 0 Å². The second-order valence-corrected chi connectivity index (χ2v) is 14.9. The highest BCUT2D eigenvalue weighted by Crippen LogP contribution is 2.48. The minimum atomic E-state index is -4.43. The van der Waals surface area contributed by atoms with Crippen LogP contribution >= 0.6 is 0 Å². The van der Waals surface area contributed by atoms with Crippen molar-refractivity contribution in [1.29, 1.82) is 5.26 Å². The third-order valence-corrected chi connectivity index (χ3v) is 10.6. The molecule has 264 valence electrons. The molecule has 6 rings (SSSR count). The van der Waals surface area contributed by atoms with Gasteiger partial charge in [0.2, 0.25) is 5.91 Å². The summed E-state index contributed by atoms with van der Waals surface area (Å²) in [6, 6.07) is 18.1. The van der Waals surface area contributed by atoms with Crippen molar-refractivity contribution in [2.24, 2.45) is 5.92 Å². The smallest absolute Gasteiger partial charge is 0.410 e. The Hall–Kier alpha value is -3.86. The zero-order valence-electron chi connectivity index (χ0n) is 28.4. The number of rotatable bonds is 7. The minimum absolute atomic E-state index is 0.0223. The van der Waals surface area contributed by atoms with Gasteiger partial charge in [-0.2, -0.15) is 18.4 Å². The molecule has 0 aliphatic carbocycles. The molecule has 4 heterocycles. The van der Waals surface area contributed by atoms with Gasteiger partial charge in [0.1, 0.15) is 17.2 Å². The highest BCUT2D eigenvalue weighted by atomic mass is 19.4. The number of anilines is 1. The van der Waals surface area contributed by atoms with Crippen LogP contribution in [0.1, 0.15) is 64.0 Å². The lowest BCUT2D eigenvalue weighted by atomic mass is 9.79. The van der Waals surface area contributed by atoms with Crippen molar-refractivity contribution < 1.29 is 27.5 Å². The maximum Gasteiger partial charge on any atom is 0.410 e. The van der Waals surface area contributed by atoms with Crippen molar-refractivity contribution in [3.8, 4) is 6.07 Å². The number of nitriles is 1. The first kappa shape index (κ1) is 35.0. The van der Waals surface area contributed by atoms with Gasteiger partial charge in [-0.15, -0.1) is 0 Å². The van der Waals surface area contributed by atoms with Crippen molar-refractivity contribution in [2.45, 2.75) is 94.4 Å². The van der Waals surface area contributed by atoms with E-state index in [2.05, 4.69) is 27.1 Å². The van der Waals surface area contributed by atoms with Crippen LogP contribution in [0.4, 0.5) is 23.7 Å². The molecular formula is C36H46F3N7O3. The number of nitrogens with one attached hydrogen (secondary N) is 3. The maximum absolute atomic E-state index is 14.8. The quantitative estimate of drug-likeness (QED) is 0.369. The first-order valence-corrected chi connectivity index (χ1v) is 17.1. The zero-order chi connectivity index (χ0) is 35.0. The Balaban J connectivity index is 1.18. The van der Waals surface area contributed by atoms with E-state index in [4.69, 9.17) is 4.74 Å². The molecule has 2 amide bonds. The van der Waals surface area contributed by atoms with Gasteiger partial charge in [-0.1, -0.05) is 42.5 Å². The predicted octanol–water partition coefficient (Wildman–Crippen LogP) is 5.14.